The van der Waals surface area contributed by atoms with E-state index in [0.29, 0.717) is 17.7 Å². The minimum atomic E-state index is -4.17. The van der Waals surface area contributed by atoms with Crippen LogP contribution in [0.1, 0.15) is 44.2 Å². The number of halogens is 4. The number of hydrogen-bond acceptors (Lipinski definition) is 2. The second-order valence-corrected chi connectivity index (χ2v) is 5.51. The van der Waals surface area contributed by atoms with Gasteiger partial charge in [0.1, 0.15) is 17.2 Å². The smallest absolute Gasteiger partial charge is 0.389 e. The number of nitrogens with two attached hydrogens (primary N) is 1. The zero-order valence-electron chi connectivity index (χ0n) is 11.1. The summed E-state index contributed by atoms with van der Waals surface area (Å²) < 4.78 is 55.5. The van der Waals surface area contributed by atoms with Gasteiger partial charge in [-0.3, -0.25) is 0 Å². The van der Waals surface area contributed by atoms with Gasteiger partial charge in [-0.15, -0.1) is 0 Å². The van der Waals surface area contributed by atoms with Crippen LogP contribution < -0.4 is 10.5 Å². The molecule has 112 valence electrons. The van der Waals surface area contributed by atoms with Crippen LogP contribution in [0.15, 0.2) is 18.2 Å². The van der Waals surface area contributed by atoms with Gasteiger partial charge in [0.15, 0.2) is 0 Å². The molecule has 20 heavy (non-hydrogen) atoms. The van der Waals surface area contributed by atoms with Gasteiger partial charge in [-0.2, -0.15) is 13.2 Å². The van der Waals surface area contributed by atoms with Gasteiger partial charge in [0.05, 0.1) is 0 Å². The normalized spacial score (nSPS) is 26.0. The van der Waals surface area contributed by atoms with Crippen LogP contribution in [-0.2, 0) is 0 Å². The number of hydrogen-bond donors (Lipinski definition) is 1. The molecule has 0 fully saturated rings. The van der Waals surface area contributed by atoms with Gasteiger partial charge in [-0.05, 0) is 25.8 Å². The molecular formula is C14H17F4NO. The average Bonchev–Trinajstić information content (AvgIpc) is 2.25. The summed E-state index contributed by atoms with van der Waals surface area (Å²) in [5.41, 5.74) is 5.91. The van der Waals surface area contributed by atoms with Crippen molar-refractivity contribution in [1.29, 1.82) is 0 Å². The Morgan fingerprint density at radius 3 is 2.75 bits per heavy atom. The van der Waals surface area contributed by atoms with Crippen LogP contribution in [0, 0.1) is 5.82 Å². The highest BCUT2D eigenvalue weighted by molar-refractivity contribution is 5.39. The van der Waals surface area contributed by atoms with Gasteiger partial charge < -0.3 is 10.5 Å². The molecule has 0 amide bonds. The van der Waals surface area contributed by atoms with Gasteiger partial charge in [-0.1, -0.05) is 6.07 Å². The summed E-state index contributed by atoms with van der Waals surface area (Å²) in [6, 6.07) is 3.74. The molecular weight excluding hydrogens is 274 g/mol. The number of alkyl halides is 3. The SMILES string of the molecule is CC1(CCCC(F)(F)F)C[C@H](N)c2ccc(F)cc2O1. The largest absolute Gasteiger partial charge is 0.487 e. The van der Waals surface area contributed by atoms with Crippen molar-refractivity contribution in [3.8, 4) is 5.75 Å². The summed E-state index contributed by atoms with van der Waals surface area (Å²) >= 11 is 0. The van der Waals surface area contributed by atoms with Crippen molar-refractivity contribution in [2.45, 2.75) is 50.4 Å². The zero-order chi connectivity index (χ0) is 15.0. The maximum atomic E-state index is 13.2. The second kappa shape index (κ2) is 5.24. The molecule has 0 saturated carbocycles. The van der Waals surface area contributed by atoms with Crippen molar-refractivity contribution in [2.75, 3.05) is 0 Å². The van der Waals surface area contributed by atoms with E-state index in [0.717, 1.165) is 0 Å². The highest BCUT2D eigenvalue weighted by atomic mass is 19.4. The minimum Gasteiger partial charge on any atom is -0.487 e. The lowest BCUT2D eigenvalue weighted by Gasteiger charge is -2.39. The summed E-state index contributed by atoms with van der Waals surface area (Å²) in [4.78, 5) is 0. The minimum absolute atomic E-state index is 0.0304. The van der Waals surface area contributed by atoms with Crippen LogP contribution in [-0.4, -0.2) is 11.8 Å². The Labute approximate surface area is 114 Å². The van der Waals surface area contributed by atoms with Crippen molar-refractivity contribution in [3.63, 3.8) is 0 Å². The molecule has 2 rings (SSSR count). The first-order chi connectivity index (χ1) is 9.19. The number of benzene rings is 1. The summed E-state index contributed by atoms with van der Waals surface area (Å²) in [7, 11) is 0. The molecule has 1 aromatic carbocycles. The quantitative estimate of drug-likeness (QED) is 0.851. The fourth-order valence-corrected chi connectivity index (χ4v) is 2.60. The lowest BCUT2D eigenvalue weighted by atomic mass is 9.85. The molecule has 0 aromatic heterocycles. The molecule has 2 nitrogen and oxygen atoms in total. The fourth-order valence-electron chi connectivity index (χ4n) is 2.60. The molecule has 0 spiro atoms. The van der Waals surface area contributed by atoms with Crippen LogP contribution in [0.4, 0.5) is 17.6 Å². The van der Waals surface area contributed by atoms with Crippen LogP contribution in [0.2, 0.25) is 0 Å². The van der Waals surface area contributed by atoms with E-state index in [4.69, 9.17) is 10.5 Å². The van der Waals surface area contributed by atoms with Crippen molar-refractivity contribution in [2.24, 2.45) is 5.73 Å². The molecule has 6 heteroatoms. The van der Waals surface area contributed by atoms with E-state index in [2.05, 4.69) is 0 Å². The van der Waals surface area contributed by atoms with E-state index >= 15 is 0 Å². The second-order valence-electron chi connectivity index (χ2n) is 5.51. The van der Waals surface area contributed by atoms with Gasteiger partial charge >= 0.3 is 6.18 Å². The van der Waals surface area contributed by atoms with Crippen molar-refractivity contribution < 1.29 is 22.3 Å². The Bertz CT molecular complexity index is 489. The Morgan fingerprint density at radius 1 is 1.40 bits per heavy atom. The van der Waals surface area contributed by atoms with E-state index in [9.17, 15) is 17.6 Å². The lowest BCUT2D eigenvalue weighted by molar-refractivity contribution is -0.137. The van der Waals surface area contributed by atoms with Gasteiger partial charge in [0.2, 0.25) is 0 Å². The summed E-state index contributed by atoms with van der Waals surface area (Å²) in [6.45, 7) is 1.72. The van der Waals surface area contributed by atoms with Crippen LogP contribution >= 0.6 is 0 Å². The van der Waals surface area contributed by atoms with E-state index in [1.807, 2.05) is 0 Å². The molecule has 0 aliphatic carbocycles. The average molecular weight is 291 g/mol. The van der Waals surface area contributed by atoms with Crippen LogP contribution in [0.5, 0.6) is 5.75 Å². The van der Waals surface area contributed by atoms with Crippen molar-refractivity contribution >= 4 is 0 Å². The summed E-state index contributed by atoms with van der Waals surface area (Å²) in [6.07, 6.45) is -4.40. The Kier molecular flexibility index (Phi) is 3.95. The number of fused-ring (bicyclic) bond motifs is 1. The summed E-state index contributed by atoms with van der Waals surface area (Å²) in [5.74, 6) is -0.117. The van der Waals surface area contributed by atoms with E-state index in [1.165, 1.54) is 12.1 Å². The maximum absolute atomic E-state index is 13.2. The van der Waals surface area contributed by atoms with Gasteiger partial charge in [-0.25, -0.2) is 4.39 Å². The third kappa shape index (κ3) is 3.62. The molecule has 2 atom stereocenters. The Hall–Kier alpha value is -1.30. The van der Waals surface area contributed by atoms with Gasteiger partial charge in [0, 0.05) is 30.5 Å². The third-order valence-corrected chi connectivity index (χ3v) is 3.55. The molecule has 1 unspecified atom stereocenters. The third-order valence-electron chi connectivity index (χ3n) is 3.55. The molecule has 1 aliphatic rings. The van der Waals surface area contributed by atoms with Crippen LogP contribution in [0.3, 0.4) is 0 Å². The van der Waals surface area contributed by atoms with E-state index in [-0.39, 0.29) is 18.9 Å². The van der Waals surface area contributed by atoms with Gasteiger partial charge in [0.25, 0.3) is 0 Å². The number of rotatable bonds is 3. The Balaban J connectivity index is 2.08. The molecule has 2 N–H and O–H groups in total. The standard InChI is InChI=1S/C14H17F4NO/c1-13(5-2-6-14(16,17)18)8-11(19)10-4-3-9(15)7-12(10)20-13/h3-4,7,11H,2,5-6,8,19H2,1H3/t11-,13?/m0/s1. The molecule has 0 saturated heterocycles. The number of ether oxygens (including phenoxy) is 1. The van der Waals surface area contributed by atoms with E-state index in [1.54, 1.807) is 13.0 Å². The van der Waals surface area contributed by atoms with Crippen molar-refractivity contribution in [3.05, 3.63) is 29.6 Å². The molecule has 0 bridgehead atoms. The zero-order valence-corrected chi connectivity index (χ0v) is 11.1. The van der Waals surface area contributed by atoms with Crippen LogP contribution in [0.25, 0.3) is 0 Å². The molecule has 1 aromatic rings. The lowest BCUT2D eigenvalue weighted by Crippen LogP contribution is -2.40. The first-order valence-corrected chi connectivity index (χ1v) is 6.49. The topological polar surface area (TPSA) is 35.2 Å². The predicted molar refractivity (Wildman–Crippen MR) is 66.9 cm³/mol. The predicted octanol–water partition coefficient (Wildman–Crippen LogP) is 4.10. The monoisotopic (exact) mass is 291 g/mol. The first-order valence-electron chi connectivity index (χ1n) is 6.49. The maximum Gasteiger partial charge on any atom is 0.389 e. The highest BCUT2D eigenvalue weighted by Crippen LogP contribution is 2.41. The Morgan fingerprint density at radius 2 is 2.10 bits per heavy atom. The molecule has 0 radical (unpaired) electrons. The molecule has 1 heterocycles. The highest BCUT2D eigenvalue weighted by Gasteiger charge is 2.37. The molecule has 1 aliphatic heterocycles. The first kappa shape index (κ1) is 15.1. The van der Waals surface area contributed by atoms with Crippen molar-refractivity contribution in [1.82, 2.24) is 0 Å². The fraction of sp³-hybridized carbons (Fsp3) is 0.571. The summed E-state index contributed by atoms with van der Waals surface area (Å²) in [5, 5.41) is 0. The van der Waals surface area contributed by atoms with E-state index < -0.39 is 24.0 Å².